The number of carbonyl (C=O) groups is 1. The van der Waals surface area contributed by atoms with Gasteiger partial charge in [-0.15, -0.1) is 0 Å². The van der Waals surface area contributed by atoms with E-state index in [2.05, 4.69) is 14.9 Å². The van der Waals surface area contributed by atoms with E-state index in [4.69, 9.17) is 11.6 Å². The van der Waals surface area contributed by atoms with Crippen LogP contribution in [-0.2, 0) is 11.3 Å². The van der Waals surface area contributed by atoms with Crippen molar-refractivity contribution in [1.29, 1.82) is 0 Å². The van der Waals surface area contributed by atoms with Crippen molar-refractivity contribution < 1.29 is 4.79 Å². The van der Waals surface area contributed by atoms with E-state index in [1.807, 2.05) is 30.5 Å². The van der Waals surface area contributed by atoms with E-state index in [9.17, 15) is 4.79 Å². The van der Waals surface area contributed by atoms with Crippen molar-refractivity contribution in [3.8, 4) is 0 Å². The maximum atomic E-state index is 12.1. The highest BCUT2D eigenvalue weighted by molar-refractivity contribution is 7.99. The van der Waals surface area contributed by atoms with Gasteiger partial charge in [-0.25, -0.2) is 4.98 Å². The molecule has 0 atom stereocenters. The molecule has 0 spiro atoms. The molecule has 1 fully saturated rings. The molecule has 0 unspecified atom stereocenters. The predicted octanol–water partition coefficient (Wildman–Crippen LogP) is 4.13. The van der Waals surface area contributed by atoms with Crippen LogP contribution in [0.3, 0.4) is 0 Å². The largest absolute Gasteiger partial charge is 0.353 e. The lowest BCUT2D eigenvalue weighted by Crippen LogP contribution is -2.37. The zero-order valence-corrected chi connectivity index (χ0v) is 15.2. The van der Waals surface area contributed by atoms with Gasteiger partial charge in [0, 0.05) is 30.0 Å². The Morgan fingerprint density at radius 3 is 2.75 bits per heavy atom. The molecule has 0 bridgehead atoms. The summed E-state index contributed by atoms with van der Waals surface area (Å²) in [4.78, 5) is 16.5. The zero-order valence-electron chi connectivity index (χ0n) is 13.6. The SMILES string of the molecule is O=C(CSc1nccn1Cc1ccc(Cl)cc1)NC1CCCCC1. The van der Waals surface area contributed by atoms with Gasteiger partial charge >= 0.3 is 0 Å². The number of aromatic nitrogens is 2. The summed E-state index contributed by atoms with van der Waals surface area (Å²) in [5, 5.41) is 4.74. The molecule has 1 aliphatic rings. The molecule has 6 heteroatoms. The van der Waals surface area contributed by atoms with Crippen LogP contribution in [0.4, 0.5) is 0 Å². The van der Waals surface area contributed by atoms with Crippen molar-refractivity contribution in [3.63, 3.8) is 0 Å². The first kappa shape index (κ1) is 17.4. The van der Waals surface area contributed by atoms with Gasteiger partial charge in [-0.1, -0.05) is 54.8 Å². The molecule has 1 aromatic carbocycles. The first-order chi connectivity index (χ1) is 11.7. The summed E-state index contributed by atoms with van der Waals surface area (Å²) in [6.45, 7) is 0.726. The van der Waals surface area contributed by atoms with Gasteiger partial charge in [0.15, 0.2) is 5.16 Å². The van der Waals surface area contributed by atoms with Crippen molar-refractivity contribution in [2.75, 3.05) is 5.75 Å². The van der Waals surface area contributed by atoms with Crippen molar-refractivity contribution in [2.24, 2.45) is 0 Å². The van der Waals surface area contributed by atoms with E-state index >= 15 is 0 Å². The first-order valence-corrected chi connectivity index (χ1v) is 9.75. The predicted molar refractivity (Wildman–Crippen MR) is 98.5 cm³/mol. The summed E-state index contributed by atoms with van der Waals surface area (Å²) >= 11 is 7.41. The van der Waals surface area contributed by atoms with Crippen LogP contribution in [0, 0.1) is 0 Å². The summed E-state index contributed by atoms with van der Waals surface area (Å²) < 4.78 is 2.06. The molecule has 4 nitrogen and oxygen atoms in total. The molecule has 1 amide bonds. The van der Waals surface area contributed by atoms with Crippen molar-refractivity contribution in [1.82, 2.24) is 14.9 Å². The minimum absolute atomic E-state index is 0.105. The van der Waals surface area contributed by atoms with Crippen LogP contribution in [-0.4, -0.2) is 27.3 Å². The third kappa shape index (κ3) is 5.02. The van der Waals surface area contributed by atoms with Gasteiger partial charge in [0.1, 0.15) is 0 Å². The van der Waals surface area contributed by atoms with Crippen LogP contribution in [0.1, 0.15) is 37.7 Å². The number of hydrogen-bond acceptors (Lipinski definition) is 3. The molecule has 1 aliphatic carbocycles. The molecule has 24 heavy (non-hydrogen) atoms. The maximum absolute atomic E-state index is 12.1. The molecule has 1 aromatic heterocycles. The fraction of sp³-hybridized carbons (Fsp3) is 0.444. The first-order valence-electron chi connectivity index (χ1n) is 8.38. The number of nitrogens with one attached hydrogen (secondary N) is 1. The fourth-order valence-electron chi connectivity index (χ4n) is 2.99. The van der Waals surface area contributed by atoms with Crippen LogP contribution in [0.15, 0.2) is 41.8 Å². The normalized spacial score (nSPS) is 15.4. The molecule has 128 valence electrons. The molecular formula is C18H22ClN3OS. The molecule has 0 aliphatic heterocycles. The van der Waals surface area contributed by atoms with Gasteiger partial charge in [0.25, 0.3) is 0 Å². The molecule has 0 radical (unpaired) electrons. The number of carbonyl (C=O) groups excluding carboxylic acids is 1. The lowest BCUT2D eigenvalue weighted by molar-refractivity contribution is -0.119. The zero-order chi connectivity index (χ0) is 16.8. The standard InChI is InChI=1S/C18H22ClN3OS/c19-15-8-6-14(7-9-15)12-22-11-10-20-18(22)24-13-17(23)21-16-4-2-1-3-5-16/h6-11,16H,1-5,12-13H2,(H,21,23). The Hall–Kier alpha value is -1.46. The monoisotopic (exact) mass is 363 g/mol. The molecule has 0 saturated heterocycles. The number of thioether (sulfide) groups is 1. The lowest BCUT2D eigenvalue weighted by atomic mass is 9.95. The highest BCUT2D eigenvalue weighted by atomic mass is 35.5. The fourth-order valence-corrected chi connectivity index (χ4v) is 3.89. The summed E-state index contributed by atoms with van der Waals surface area (Å²) in [6.07, 6.45) is 9.69. The van der Waals surface area contributed by atoms with Crippen LogP contribution in [0.25, 0.3) is 0 Å². The third-order valence-corrected chi connectivity index (χ3v) is 5.50. The number of benzene rings is 1. The quantitative estimate of drug-likeness (QED) is 0.785. The summed E-state index contributed by atoms with van der Waals surface area (Å²) in [5.41, 5.74) is 1.16. The summed E-state index contributed by atoms with van der Waals surface area (Å²) in [7, 11) is 0. The average Bonchev–Trinajstić information content (AvgIpc) is 3.03. The van der Waals surface area contributed by atoms with Gasteiger partial charge in [0.2, 0.25) is 5.91 Å². The van der Waals surface area contributed by atoms with Crippen molar-refractivity contribution in [2.45, 2.75) is 49.8 Å². The van der Waals surface area contributed by atoms with Crippen molar-refractivity contribution >= 4 is 29.3 Å². The summed E-state index contributed by atoms with van der Waals surface area (Å²) in [5.74, 6) is 0.515. The summed E-state index contributed by atoms with van der Waals surface area (Å²) in [6, 6.07) is 8.15. The molecule has 1 N–H and O–H groups in total. The topological polar surface area (TPSA) is 46.9 Å². The van der Waals surface area contributed by atoms with Crippen molar-refractivity contribution in [3.05, 3.63) is 47.2 Å². The van der Waals surface area contributed by atoms with E-state index in [1.165, 1.54) is 31.0 Å². The molecular weight excluding hydrogens is 342 g/mol. The highest BCUT2D eigenvalue weighted by Gasteiger charge is 2.16. The number of amides is 1. The van der Waals surface area contributed by atoms with E-state index in [1.54, 1.807) is 6.20 Å². The highest BCUT2D eigenvalue weighted by Crippen LogP contribution is 2.20. The van der Waals surface area contributed by atoms with Gasteiger partial charge < -0.3 is 9.88 Å². The Morgan fingerprint density at radius 2 is 2.00 bits per heavy atom. The number of rotatable bonds is 6. The number of halogens is 1. The Balaban J connectivity index is 1.51. The second-order valence-electron chi connectivity index (χ2n) is 6.16. The number of imidazole rings is 1. The smallest absolute Gasteiger partial charge is 0.230 e. The van der Waals surface area contributed by atoms with Gasteiger partial charge in [-0.05, 0) is 30.5 Å². The van der Waals surface area contributed by atoms with Crippen LogP contribution in [0.5, 0.6) is 0 Å². The average molecular weight is 364 g/mol. The second kappa shape index (κ2) is 8.58. The molecule has 2 aromatic rings. The Labute approximate surface area is 152 Å². The minimum Gasteiger partial charge on any atom is -0.353 e. The third-order valence-electron chi connectivity index (χ3n) is 4.25. The van der Waals surface area contributed by atoms with E-state index < -0.39 is 0 Å². The Morgan fingerprint density at radius 1 is 1.25 bits per heavy atom. The lowest BCUT2D eigenvalue weighted by Gasteiger charge is -2.22. The molecule has 1 saturated carbocycles. The maximum Gasteiger partial charge on any atom is 0.230 e. The minimum atomic E-state index is 0.105. The number of hydrogen-bond donors (Lipinski definition) is 1. The Kier molecular flexibility index (Phi) is 6.21. The van der Waals surface area contributed by atoms with Gasteiger partial charge in [0.05, 0.1) is 5.75 Å². The number of nitrogens with zero attached hydrogens (tertiary/aromatic N) is 2. The molecule has 1 heterocycles. The van der Waals surface area contributed by atoms with Crippen LogP contribution >= 0.6 is 23.4 Å². The Bertz CT molecular complexity index is 665. The molecule has 3 rings (SSSR count). The van der Waals surface area contributed by atoms with E-state index in [0.29, 0.717) is 11.8 Å². The van der Waals surface area contributed by atoms with E-state index in [-0.39, 0.29) is 5.91 Å². The van der Waals surface area contributed by atoms with Crippen LogP contribution < -0.4 is 5.32 Å². The van der Waals surface area contributed by atoms with Gasteiger partial charge in [-0.2, -0.15) is 0 Å². The van der Waals surface area contributed by atoms with E-state index in [0.717, 1.165) is 35.1 Å². The van der Waals surface area contributed by atoms with Crippen LogP contribution in [0.2, 0.25) is 5.02 Å². The second-order valence-corrected chi connectivity index (χ2v) is 7.53. The van der Waals surface area contributed by atoms with Gasteiger partial charge in [-0.3, -0.25) is 4.79 Å².